The molecule has 0 atom stereocenters. The number of likely N-dealkylation sites (N-methyl/N-ethyl adjacent to an activating group) is 1. The molecule has 0 radical (unpaired) electrons. The Kier molecular flexibility index (Phi) is 2.79. The van der Waals surface area contributed by atoms with E-state index in [1.807, 2.05) is 19.1 Å². The first-order valence-electron chi connectivity index (χ1n) is 3.93. The van der Waals surface area contributed by atoms with Gasteiger partial charge in [0.05, 0.1) is 0 Å². The van der Waals surface area contributed by atoms with Gasteiger partial charge in [0, 0.05) is 12.7 Å². The SMILES string of the molecule is CC1=CC=C(N(C)CC(=O)O)NN1. The van der Waals surface area contributed by atoms with E-state index < -0.39 is 5.97 Å². The Morgan fingerprint density at radius 3 is 2.69 bits per heavy atom. The van der Waals surface area contributed by atoms with Crippen LogP contribution < -0.4 is 10.9 Å². The summed E-state index contributed by atoms with van der Waals surface area (Å²) in [5.41, 5.74) is 6.77. The van der Waals surface area contributed by atoms with Gasteiger partial charge < -0.3 is 15.4 Å². The second kappa shape index (κ2) is 3.84. The molecular weight excluding hydrogens is 170 g/mol. The van der Waals surface area contributed by atoms with Gasteiger partial charge in [0.15, 0.2) is 0 Å². The fourth-order valence-corrected chi connectivity index (χ4v) is 0.961. The standard InChI is InChI=1S/C8H13N3O2/c1-6-3-4-7(10-9-6)11(2)5-8(12)13/h3-4,9-10H,5H2,1-2H3,(H,12,13). The molecule has 0 unspecified atom stereocenters. The first-order valence-corrected chi connectivity index (χ1v) is 3.93. The molecule has 1 aliphatic rings. The highest BCUT2D eigenvalue weighted by atomic mass is 16.4. The Labute approximate surface area is 76.7 Å². The Morgan fingerprint density at radius 2 is 2.23 bits per heavy atom. The minimum absolute atomic E-state index is 0.0204. The molecule has 0 aliphatic carbocycles. The smallest absolute Gasteiger partial charge is 0.323 e. The molecule has 5 nitrogen and oxygen atoms in total. The van der Waals surface area contributed by atoms with Gasteiger partial charge in [-0.05, 0) is 19.1 Å². The average molecular weight is 183 g/mol. The van der Waals surface area contributed by atoms with Gasteiger partial charge in [0.2, 0.25) is 0 Å². The number of hydrazine groups is 1. The lowest BCUT2D eigenvalue weighted by Crippen LogP contribution is -2.40. The second-order valence-corrected chi connectivity index (χ2v) is 2.90. The summed E-state index contributed by atoms with van der Waals surface area (Å²) in [5.74, 6) is -0.107. The molecule has 0 fully saturated rings. The van der Waals surface area contributed by atoms with Gasteiger partial charge in [-0.1, -0.05) is 0 Å². The number of nitrogens with zero attached hydrogens (tertiary/aromatic N) is 1. The zero-order valence-electron chi connectivity index (χ0n) is 7.66. The second-order valence-electron chi connectivity index (χ2n) is 2.90. The molecule has 5 heteroatoms. The molecule has 0 spiro atoms. The summed E-state index contributed by atoms with van der Waals surface area (Å²) in [6, 6.07) is 0. The maximum Gasteiger partial charge on any atom is 0.323 e. The topological polar surface area (TPSA) is 64.6 Å². The van der Waals surface area contributed by atoms with Crippen molar-refractivity contribution in [1.82, 2.24) is 15.8 Å². The number of carboxylic acids is 1. The Bertz CT molecular complexity index is 271. The van der Waals surface area contributed by atoms with E-state index in [0.29, 0.717) is 0 Å². The lowest BCUT2D eigenvalue weighted by Gasteiger charge is -2.25. The maximum absolute atomic E-state index is 10.4. The largest absolute Gasteiger partial charge is 0.480 e. The normalized spacial score (nSPS) is 14.9. The summed E-state index contributed by atoms with van der Waals surface area (Å²) in [6.45, 7) is 1.89. The van der Waals surface area contributed by atoms with Crippen LogP contribution in [0, 0.1) is 0 Å². The van der Waals surface area contributed by atoms with E-state index >= 15 is 0 Å². The van der Waals surface area contributed by atoms with Crippen LogP contribution in [0.1, 0.15) is 6.92 Å². The van der Waals surface area contributed by atoms with E-state index in [2.05, 4.69) is 10.9 Å². The number of allylic oxidation sites excluding steroid dienone is 3. The van der Waals surface area contributed by atoms with Crippen LogP contribution in [-0.4, -0.2) is 29.6 Å². The van der Waals surface area contributed by atoms with Gasteiger partial charge in [0.1, 0.15) is 12.4 Å². The zero-order valence-corrected chi connectivity index (χ0v) is 7.66. The average Bonchev–Trinajstić information content (AvgIpc) is 2.04. The van der Waals surface area contributed by atoms with E-state index in [0.717, 1.165) is 11.5 Å². The third-order valence-corrected chi connectivity index (χ3v) is 1.66. The molecule has 0 bridgehead atoms. The van der Waals surface area contributed by atoms with Crippen LogP contribution in [0.5, 0.6) is 0 Å². The van der Waals surface area contributed by atoms with Crippen molar-refractivity contribution in [3.63, 3.8) is 0 Å². The van der Waals surface area contributed by atoms with Crippen LogP contribution in [0.2, 0.25) is 0 Å². The third-order valence-electron chi connectivity index (χ3n) is 1.66. The predicted octanol–water partition coefficient (Wildman–Crippen LogP) is -0.144. The molecule has 0 saturated carbocycles. The number of hydrogen-bond acceptors (Lipinski definition) is 4. The third kappa shape index (κ3) is 2.70. The van der Waals surface area contributed by atoms with Crippen molar-refractivity contribution in [1.29, 1.82) is 0 Å². The number of aliphatic carboxylic acids is 1. The van der Waals surface area contributed by atoms with Gasteiger partial charge in [0.25, 0.3) is 0 Å². The molecule has 0 aromatic carbocycles. The molecule has 0 aromatic rings. The maximum atomic E-state index is 10.4. The molecule has 1 heterocycles. The lowest BCUT2D eigenvalue weighted by molar-refractivity contribution is -0.137. The van der Waals surface area contributed by atoms with Gasteiger partial charge in [-0.3, -0.25) is 10.2 Å². The van der Waals surface area contributed by atoms with E-state index in [9.17, 15) is 4.79 Å². The minimum Gasteiger partial charge on any atom is -0.480 e. The fraction of sp³-hybridized carbons (Fsp3) is 0.375. The Balaban J connectivity index is 2.57. The van der Waals surface area contributed by atoms with Gasteiger partial charge >= 0.3 is 5.97 Å². The van der Waals surface area contributed by atoms with Crippen LogP contribution in [0.3, 0.4) is 0 Å². The summed E-state index contributed by atoms with van der Waals surface area (Å²) in [7, 11) is 1.71. The first kappa shape index (κ1) is 9.44. The number of rotatable bonds is 3. The highest BCUT2D eigenvalue weighted by Crippen LogP contribution is 2.02. The van der Waals surface area contributed by atoms with Crippen LogP contribution in [0.4, 0.5) is 0 Å². The molecule has 0 aromatic heterocycles. The van der Waals surface area contributed by atoms with Crippen molar-refractivity contribution >= 4 is 5.97 Å². The predicted molar refractivity (Wildman–Crippen MR) is 48.4 cm³/mol. The van der Waals surface area contributed by atoms with Crippen molar-refractivity contribution < 1.29 is 9.90 Å². The van der Waals surface area contributed by atoms with Crippen LogP contribution in [-0.2, 0) is 4.79 Å². The first-order chi connectivity index (χ1) is 6.09. The minimum atomic E-state index is -0.850. The van der Waals surface area contributed by atoms with Crippen molar-refractivity contribution in [2.45, 2.75) is 6.92 Å². The van der Waals surface area contributed by atoms with Gasteiger partial charge in [-0.25, -0.2) is 0 Å². The highest BCUT2D eigenvalue weighted by Gasteiger charge is 2.09. The quantitative estimate of drug-likeness (QED) is 0.568. The summed E-state index contributed by atoms with van der Waals surface area (Å²) in [4.78, 5) is 12.0. The van der Waals surface area contributed by atoms with Gasteiger partial charge in [-0.15, -0.1) is 0 Å². The molecule has 1 rings (SSSR count). The highest BCUT2D eigenvalue weighted by molar-refractivity contribution is 5.69. The summed E-state index contributed by atoms with van der Waals surface area (Å²) >= 11 is 0. The van der Waals surface area contributed by atoms with E-state index in [4.69, 9.17) is 5.11 Å². The number of carbonyl (C=O) groups is 1. The lowest BCUT2D eigenvalue weighted by atomic mass is 10.3. The molecular formula is C8H13N3O2. The molecule has 1 aliphatic heterocycles. The van der Waals surface area contributed by atoms with E-state index in [1.54, 1.807) is 11.9 Å². The van der Waals surface area contributed by atoms with Crippen LogP contribution in [0.25, 0.3) is 0 Å². The monoisotopic (exact) mass is 183 g/mol. The molecule has 0 saturated heterocycles. The summed E-state index contributed by atoms with van der Waals surface area (Å²) < 4.78 is 0. The number of carboxylic acid groups (broad SMARTS) is 1. The van der Waals surface area contributed by atoms with Crippen molar-refractivity contribution in [2.75, 3.05) is 13.6 Å². The fourth-order valence-electron chi connectivity index (χ4n) is 0.961. The van der Waals surface area contributed by atoms with E-state index in [-0.39, 0.29) is 6.54 Å². The van der Waals surface area contributed by atoms with Gasteiger partial charge in [-0.2, -0.15) is 0 Å². The van der Waals surface area contributed by atoms with Crippen LogP contribution >= 0.6 is 0 Å². The number of nitrogens with one attached hydrogen (secondary N) is 2. The van der Waals surface area contributed by atoms with Crippen molar-refractivity contribution in [3.8, 4) is 0 Å². The van der Waals surface area contributed by atoms with E-state index in [1.165, 1.54) is 0 Å². The molecule has 3 N–H and O–H groups in total. The molecule has 13 heavy (non-hydrogen) atoms. The molecule has 0 amide bonds. The van der Waals surface area contributed by atoms with Crippen molar-refractivity contribution in [2.24, 2.45) is 0 Å². The summed E-state index contributed by atoms with van der Waals surface area (Å²) in [6.07, 6.45) is 3.71. The zero-order chi connectivity index (χ0) is 9.84. The van der Waals surface area contributed by atoms with Crippen LogP contribution in [0.15, 0.2) is 23.7 Å². The molecule has 72 valence electrons. The number of hydrogen-bond donors (Lipinski definition) is 3. The Hall–Kier alpha value is -1.65. The van der Waals surface area contributed by atoms with Crippen molar-refractivity contribution in [3.05, 3.63) is 23.7 Å². The summed E-state index contributed by atoms with van der Waals surface area (Å²) in [5, 5.41) is 8.53. The Morgan fingerprint density at radius 1 is 1.54 bits per heavy atom.